The quantitative estimate of drug-likeness (QED) is 0.619. The Morgan fingerprint density at radius 3 is 2.89 bits per heavy atom. The second-order valence-corrected chi connectivity index (χ2v) is 3.68. The molecule has 0 atom stereocenters. The number of nitrogens with zero attached hydrogens (tertiary/aromatic N) is 4. The van der Waals surface area contributed by atoms with E-state index in [1.165, 1.54) is 24.3 Å². The van der Waals surface area contributed by atoms with E-state index in [-0.39, 0.29) is 16.4 Å². The smallest absolute Gasteiger partial charge is 0.341 e. The lowest BCUT2D eigenvalue weighted by molar-refractivity contribution is 0.0600. The first-order chi connectivity index (χ1) is 8.63. The highest BCUT2D eigenvalue weighted by Crippen LogP contribution is 2.11. The van der Waals surface area contributed by atoms with Gasteiger partial charge in [0.05, 0.1) is 7.11 Å². The molecule has 8 heteroatoms. The van der Waals surface area contributed by atoms with Crippen LogP contribution < -0.4 is 5.73 Å². The minimum atomic E-state index is -0.509. The summed E-state index contributed by atoms with van der Waals surface area (Å²) in [6.45, 7) is 0. The van der Waals surface area contributed by atoms with E-state index in [4.69, 9.17) is 18.0 Å². The normalized spacial score (nSPS) is 10.1. The van der Waals surface area contributed by atoms with Gasteiger partial charge in [0.25, 0.3) is 0 Å². The van der Waals surface area contributed by atoms with E-state index >= 15 is 0 Å². The Morgan fingerprint density at radius 2 is 2.28 bits per heavy atom. The average molecular weight is 263 g/mol. The van der Waals surface area contributed by atoms with E-state index in [0.717, 1.165) is 0 Å². The highest BCUT2D eigenvalue weighted by Gasteiger charge is 2.15. The number of hydrogen-bond donors (Lipinski definition) is 1. The van der Waals surface area contributed by atoms with Crippen LogP contribution in [0.4, 0.5) is 0 Å². The second-order valence-electron chi connectivity index (χ2n) is 3.24. The molecule has 0 radical (unpaired) electrons. The number of methoxy groups -OCH3 is 1. The largest absolute Gasteiger partial charge is 0.465 e. The van der Waals surface area contributed by atoms with Crippen LogP contribution in [-0.4, -0.2) is 37.8 Å². The zero-order valence-corrected chi connectivity index (χ0v) is 10.2. The standard InChI is InChI=1S/C10H9N5O2S/c1-17-10(16)6-3-2-4-12-9(6)15-5-13-8(14-15)7(11)18/h2-5H,1H3,(H2,11,18). The van der Waals surface area contributed by atoms with Crippen molar-refractivity contribution in [3.05, 3.63) is 36.0 Å². The summed E-state index contributed by atoms with van der Waals surface area (Å²) < 4.78 is 5.98. The summed E-state index contributed by atoms with van der Waals surface area (Å²) in [7, 11) is 1.29. The fraction of sp³-hybridized carbons (Fsp3) is 0.100. The van der Waals surface area contributed by atoms with Crippen LogP contribution in [-0.2, 0) is 4.74 Å². The summed E-state index contributed by atoms with van der Waals surface area (Å²) in [4.78, 5) is 19.6. The van der Waals surface area contributed by atoms with Crippen molar-refractivity contribution in [2.24, 2.45) is 5.73 Å². The van der Waals surface area contributed by atoms with Gasteiger partial charge in [-0.25, -0.2) is 19.4 Å². The highest BCUT2D eigenvalue weighted by molar-refractivity contribution is 7.80. The van der Waals surface area contributed by atoms with Crippen LogP contribution >= 0.6 is 12.2 Å². The molecule has 0 spiro atoms. The Labute approximate surface area is 108 Å². The van der Waals surface area contributed by atoms with E-state index in [1.54, 1.807) is 12.1 Å². The van der Waals surface area contributed by atoms with E-state index in [1.807, 2.05) is 0 Å². The SMILES string of the molecule is COC(=O)c1cccnc1-n1cnc(C(N)=S)n1. The lowest BCUT2D eigenvalue weighted by Gasteiger charge is -2.05. The summed E-state index contributed by atoms with van der Waals surface area (Å²) in [6, 6.07) is 3.21. The van der Waals surface area contributed by atoms with Gasteiger partial charge in [0.2, 0.25) is 5.82 Å². The van der Waals surface area contributed by atoms with Crippen LogP contribution in [0.25, 0.3) is 5.82 Å². The molecule has 0 bridgehead atoms. The fourth-order valence-corrected chi connectivity index (χ4v) is 1.42. The third-order valence-corrected chi connectivity index (χ3v) is 2.30. The molecule has 0 aromatic carbocycles. The minimum absolute atomic E-state index is 0.0734. The predicted octanol–water partition coefficient (Wildman–Crippen LogP) is 0.0831. The van der Waals surface area contributed by atoms with Crippen molar-refractivity contribution in [1.29, 1.82) is 0 Å². The van der Waals surface area contributed by atoms with Crippen LogP contribution in [0.2, 0.25) is 0 Å². The van der Waals surface area contributed by atoms with E-state index in [9.17, 15) is 4.79 Å². The molecule has 2 aromatic rings. The molecule has 0 unspecified atom stereocenters. The molecule has 0 aliphatic heterocycles. The van der Waals surface area contributed by atoms with Crippen molar-refractivity contribution < 1.29 is 9.53 Å². The van der Waals surface area contributed by atoms with Gasteiger partial charge in [0.15, 0.2) is 5.82 Å². The van der Waals surface area contributed by atoms with Gasteiger partial charge < -0.3 is 10.5 Å². The first kappa shape index (κ1) is 12.1. The first-order valence-electron chi connectivity index (χ1n) is 4.88. The molecule has 0 amide bonds. The van der Waals surface area contributed by atoms with Gasteiger partial charge in [-0.05, 0) is 12.1 Å². The number of esters is 1. The van der Waals surface area contributed by atoms with Crippen LogP contribution in [0, 0.1) is 0 Å². The maximum absolute atomic E-state index is 11.6. The molecule has 0 saturated carbocycles. The Bertz CT molecular complexity index is 610. The summed E-state index contributed by atoms with van der Waals surface area (Å²) in [5.74, 6) is 0.0105. The predicted molar refractivity (Wildman–Crippen MR) is 66.4 cm³/mol. The number of hydrogen-bond acceptors (Lipinski definition) is 6. The molecule has 2 N–H and O–H groups in total. The van der Waals surface area contributed by atoms with Gasteiger partial charge in [-0.3, -0.25) is 0 Å². The summed E-state index contributed by atoms with van der Waals surface area (Å²) >= 11 is 4.76. The number of carbonyl (C=O) groups excluding carboxylic acids is 1. The molecule has 92 valence electrons. The third-order valence-electron chi connectivity index (χ3n) is 2.12. The Hall–Kier alpha value is -2.35. The molecular weight excluding hydrogens is 254 g/mol. The molecule has 0 aliphatic carbocycles. The maximum atomic E-state index is 11.6. The highest BCUT2D eigenvalue weighted by atomic mass is 32.1. The van der Waals surface area contributed by atoms with Gasteiger partial charge in [-0.2, -0.15) is 0 Å². The van der Waals surface area contributed by atoms with Crippen molar-refractivity contribution in [3.63, 3.8) is 0 Å². The zero-order valence-electron chi connectivity index (χ0n) is 9.40. The minimum Gasteiger partial charge on any atom is -0.465 e. The zero-order chi connectivity index (χ0) is 13.1. The fourth-order valence-electron chi connectivity index (χ4n) is 1.33. The summed E-state index contributed by atoms with van der Waals surface area (Å²) in [6.07, 6.45) is 2.91. The summed E-state index contributed by atoms with van der Waals surface area (Å²) in [5.41, 5.74) is 5.69. The van der Waals surface area contributed by atoms with Gasteiger partial charge in [-0.1, -0.05) is 12.2 Å². The second kappa shape index (κ2) is 4.88. The number of thiocarbonyl (C=S) groups is 1. The van der Waals surface area contributed by atoms with E-state index in [2.05, 4.69) is 19.8 Å². The van der Waals surface area contributed by atoms with Crippen LogP contribution in [0.5, 0.6) is 0 Å². The lowest BCUT2D eigenvalue weighted by atomic mass is 10.2. The average Bonchev–Trinajstić information content (AvgIpc) is 2.87. The number of ether oxygens (including phenoxy) is 1. The maximum Gasteiger partial charge on any atom is 0.341 e. The van der Waals surface area contributed by atoms with Crippen molar-refractivity contribution in [3.8, 4) is 5.82 Å². The third kappa shape index (κ3) is 2.18. The Balaban J connectivity index is 2.49. The molecule has 7 nitrogen and oxygen atoms in total. The first-order valence-corrected chi connectivity index (χ1v) is 5.29. The monoisotopic (exact) mass is 263 g/mol. The van der Waals surface area contributed by atoms with Crippen molar-refractivity contribution in [2.45, 2.75) is 0 Å². The van der Waals surface area contributed by atoms with Gasteiger partial charge in [0, 0.05) is 6.20 Å². The van der Waals surface area contributed by atoms with Gasteiger partial charge in [-0.15, -0.1) is 5.10 Å². The van der Waals surface area contributed by atoms with Crippen LogP contribution in [0.1, 0.15) is 16.2 Å². The van der Waals surface area contributed by atoms with E-state index < -0.39 is 5.97 Å². The summed E-state index contributed by atoms with van der Waals surface area (Å²) in [5, 5.41) is 4.03. The van der Waals surface area contributed by atoms with Gasteiger partial charge >= 0.3 is 5.97 Å². The molecule has 18 heavy (non-hydrogen) atoms. The molecule has 2 heterocycles. The van der Waals surface area contributed by atoms with Gasteiger partial charge in [0.1, 0.15) is 16.9 Å². The van der Waals surface area contributed by atoms with Crippen molar-refractivity contribution in [1.82, 2.24) is 19.7 Å². The number of nitrogens with two attached hydrogens (primary N) is 1. The molecule has 0 saturated heterocycles. The number of carbonyl (C=O) groups is 1. The lowest BCUT2D eigenvalue weighted by Crippen LogP contribution is -2.13. The number of rotatable bonds is 3. The number of aromatic nitrogens is 4. The van der Waals surface area contributed by atoms with Crippen molar-refractivity contribution in [2.75, 3.05) is 7.11 Å². The number of pyridine rings is 1. The Kier molecular flexibility index (Phi) is 3.28. The molecule has 2 rings (SSSR count). The van der Waals surface area contributed by atoms with Crippen LogP contribution in [0.15, 0.2) is 24.7 Å². The van der Waals surface area contributed by atoms with Crippen molar-refractivity contribution >= 4 is 23.2 Å². The molecule has 2 aromatic heterocycles. The topological polar surface area (TPSA) is 95.9 Å². The Morgan fingerprint density at radius 1 is 1.50 bits per heavy atom. The van der Waals surface area contributed by atoms with E-state index in [0.29, 0.717) is 5.82 Å². The molecular formula is C10H9N5O2S. The van der Waals surface area contributed by atoms with Crippen LogP contribution in [0.3, 0.4) is 0 Å². The molecule has 0 fully saturated rings. The molecule has 0 aliphatic rings.